The molecule has 0 saturated carbocycles. The first kappa shape index (κ1) is 19.6. The second kappa shape index (κ2) is 8.27. The zero-order chi connectivity index (χ0) is 20.3. The van der Waals surface area contributed by atoms with Gasteiger partial charge in [-0.3, -0.25) is 9.59 Å². The van der Waals surface area contributed by atoms with Crippen LogP contribution in [-0.4, -0.2) is 11.8 Å². The van der Waals surface area contributed by atoms with Crippen molar-refractivity contribution in [2.45, 2.75) is 27.4 Å². The first-order chi connectivity index (χ1) is 13.3. The summed E-state index contributed by atoms with van der Waals surface area (Å²) in [5, 5.41) is 3.27. The van der Waals surface area contributed by atoms with Gasteiger partial charge in [0.1, 0.15) is 17.4 Å². The van der Waals surface area contributed by atoms with Crippen LogP contribution in [0.4, 0.5) is 5.00 Å². The number of carbonyl (C=O) groups is 2. The molecule has 6 heteroatoms. The maximum atomic E-state index is 12.7. The van der Waals surface area contributed by atoms with Crippen molar-refractivity contribution < 1.29 is 14.3 Å². The molecule has 0 unspecified atom stereocenters. The van der Waals surface area contributed by atoms with Crippen LogP contribution in [0.2, 0.25) is 0 Å². The monoisotopic (exact) mass is 394 g/mol. The van der Waals surface area contributed by atoms with Crippen LogP contribution in [0.1, 0.15) is 42.3 Å². The van der Waals surface area contributed by atoms with Gasteiger partial charge < -0.3 is 15.8 Å². The summed E-state index contributed by atoms with van der Waals surface area (Å²) in [6.07, 6.45) is 0. The standard InChI is InChI=1S/C22H22N2O3S/c1-13-6-4-7-16(10-13)12-27-18-9-5-8-17(11-18)21(26)24-22-19(20(23)25)14(2)15(3)28-22/h4-11H,12H2,1-3H3,(H2,23,25)(H,24,26). The number of aryl methyl sites for hydroxylation is 2. The Balaban J connectivity index is 1.74. The Hall–Kier alpha value is -3.12. The maximum Gasteiger partial charge on any atom is 0.256 e. The van der Waals surface area contributed by atoms with Gasteiger partial charge in [-0.2, -0.15) is 0 Å². The molecule has 0 atom stereocenters. The van der Waals surface area contributed by atoms with Gasteiger partial charge in [0, 0.05) is 10.4 Å². The molecule has 28 heavy (non-hydrogen) atoms. The molecule has 3 aromatic rings. The lowest BCUT2D eigenvalue weighted by Crippen LogP contribution is -2.17. The summed E-state index contributed by atoms with van der Waals surface area (Å²) in [6, 6.07) is 15.0. The molecule has 2 aromatic carbocycles. The van der Waals surface area contributed by atoms with E-state index in [4.69, 9.17) is 10.5 Å². The Kier molecular flexibility index (Phi) is 5.80. The van der Waals surface area contributed by atoms with Crippen molar-refractivity contribution >= 4 is 28.2 Å². The summed E-state index contributed by atoms with van der Waals surface area (Å²) in [7, 11) is 0. The fourth-order valence-electron chi connectivity index (χ4n) is 2.88. The summed E-state index contributed by atoms with van der Waals surface area (Å²) in [5.41, 5.74) is 9.30. The molecule has 2 amide bonds. The van der Waals surface area contributed by atoms with Crippen LogP contribution in [0.5, 0.6) is 5.75 Å². The van der Waals surface area contributed by atoms with Crippen LogP contribution in [0.3, 0.4) is 0 Å². The number of carbonyl (C=O) groups excluding carboxylic acids is 2. The van der Waals surface area contributed by atoms with Crippen LogP contribution in [0.15, 0.2) is 48.5 Å². The topological polar surface area (TPSA) is 81.4 Å². The van der Waals surface area contributed by atoms with Crippen molar-refractivity contribution in [3.05, 3.63) is 81.2 Å². The number of nitrogens with two attached hydrogens (primary N) is 1. The van der Waals surface area contributed by atoms with Crippen LogP contribution < -0.4 is 15.8 Å². The van der Waals surface area contributed by atoms with E-state index in [1.54, 1.807) is 24.3 Å². The number of anilines is 1. The van der Waals surface area contributed by atoms with Gasteiger partial charge in [-0.1, -0.05) is 35.9 Å². The summed E-state index contributed by atoms with van der Waals surface area (Å²) < 4.78 is 5.82. The smallest absolute Gasteiger partial charge is 0.256 e. The Labute approximate surface area is 168 Å². The Morgan fingerprint density at radius 3 is 2.54 bits per heavy atom. The van der Waals surface area contributed by atoms with Gasteiger partial charge in [0.05, 0.1) is 5.56 Å². The predicted octanol–water partition coefficient (Wildman–Crippen LogP) is 4.60. The average molecular weight is 394 g/mol. The van der Waals surface area contributed by atoms with Crippen molar-refractivity contribution in [1.29, 1.82) is 0 Å². The Morgan fingerprint density at radius 1 is 1.07 bits per heavy atom. The SMILES string of the molecule is Cc1cccc(COc2cccc(C(=O)Nc3sc(C)c(C)c3C(N)=O)c2)c1. The number of nitrogens with one attached hydrogen (secondary N) is 1. The number of amides is 2. The second-order valence-corrected chi connectivity index (χ2v) is 7.84. The molecule has 0 aliphatic carbocycles. The Morgan fingerprint density at radius 2 is 1.82 bits per heavy atom. The quantitative estimate of drug-likeness (QED) is 0.641. The predicted molar refractivity (Wildman–Crippen MR) is 112 cm³/mol. The molecule has 3 N–H and O–H groups in total. The largest absolute Gasteiger partial charge is 0.489 e. The first-order valence-corrected chi connectivity index (χ1v) is 9.66. The molecular weight excluding hydrogens is 372 g/mol. The van der Waals surface area contributed by atoms with Gasteiger partial charge in [-0.05, 0) is 50.1 Å². The van der Waals surface area contributed by atoms with Crippen LogP contribution in [0.25, 0.3) is 0 Å². The fourth-order valence-corrected chi connectivity index (χ4v) is 3.94. The van der Waals surface area contributed by atoms with E-state index in [-0.39, 0.29) is 5.91 Å². The number of hydrogen-bond acceptors (Lipinski definition) is 4. The summed E-state index contributed by atoms with van der Waals surface area (Å²) in [6.45, 7) is 6.16. The lowest BCUT2D eigenvalue weighted by molar-refractivity contribution is 0.100. The molecule has 0 aliphatic heterocycles. The number of benzene rings is 2. The van der Waals surface area contributed by atoms with Crippen molar-refractivity contribution in [2.75, 3.05) is 5.32 Å². The van der Waals surface area contributed by atoms with Crippen LogP contribution in [0, 0.1) is 20.8 Å². The summed E-state index contributed by atoms with van der Waals surface area (Å²) >= 11 is 1.34. The second-order valence-electron chi connectivity index (χ2n) is 6.61. The van der Waals surface area contributed by atoms with Gasteiger partial charge in [-0.25, -0.2) is 0 Å². The number of ether oxygens (including phenoxy) is 1. The van der Waals surface area contributed by atoms with Crippen LogP contribution >= 0.6 is 11.3 Å². The van der Waals surface area contributed by atoms with Crippen LogP contribution in [-0.2, 0) is 6.61 Å². The minimum absolute atomic E-state index is 0.315. The Bertz CT molecular complexity index is 1040. The normalized spacial score (nSPS) is 10.5. The van der Waals surface area contributed by atoms with Gasteiger partial charge in [0.15, 0.2) is 0 Å². The molecule has 144 valence electrons. The fraction of sp³-hybridized carbons (Fsp3) is 0.182. The molecule has 0 bridgehead atoms. The zero-order valence-corrected chi connectivity index (χ0v) is 16.9. The molecule has 1 aromatic heterocycles. The summed E-state index contributed by atoms with van der Waals surface area (Å²) in [4.78, 5) is 25.3. The van der Waals surface area contributed by atoms with E-state index in [0.717, 1.165) is 16.0 Å². The zero-order valence-electron chi connectivity index (χ0n) is 16.0. The van der Waals surface area contributed by atoms with E-state index in [9.17, 15) is 9.59 Å². The minimum Gasteiger partial charge on any atom is -0.489 e. The van der Waals surface area contributed by atoms with Crippen molar-refractivity contribution in [2.24, 2.45) is 5.73 Å². The van der Waals surface area contributed by atoms with E-state index < -0.39 is 5.91 Å². The van der Waals surface area contributed by atoms with E-state index in [2.05, 4.69) is 11.4 Å². The van der Waals surface area contributed by atoms with Gasteiger partial charge >= 0.3 is 0 Å². The minimum atomic E-state index is -0.549. The van der Waals surface area contributed by atoms with E-state index in [0.29, 0.717) is 28.5 Å². The average Bonchev–Trinajstić information content (AvgIpc) is 2.94. The molecule has 1 heterocycles. The summed E-state index contributed by atoms with van der Waals surface area (Å²) in [5.74, 6) is -0.264. The van der Waals surface area contributed by atoms with Gasteiger partial charge in [0.25, 0.3) is 11.8 Å². The van der Waals surface area contributed by atoms with Crippen molar-refractivity contribution in [3.8, 4) is 5.75 Å². The van der Waals surface area contributed by atoms with E-state index >= 15 is 0 Å². The highest BCUT2D eigenvalue weighted by atomic mass is 32.1. The molecule has 0 fully saturated rings. The number of primary amides is 1. The lowest BCUT2D eigenvalue weighted by atomic mass is 10.1. The van der Waals surface area contributed by atoms with E-state index in [1.165, 1.54) is 16.9 Å². The molecule has 0 spiro atoms. The molecular formula is C22H22N2O3S. The van der Waals surface area contributed by atoms with Gasteiger partial charge in [0.2, 0.25) is 0 Å². The highest BCUT2D eigenvalue weighted by molar-refractivity contribution is 7.16. The third-order valence-electron chi connectivity index (χ3n) is 4.44. The number of hydrogen-bond donors (Lipinski definition) is 2. The van der Waals surface area contributed by atoms with Crippen molar-refractivity contribution in [1.82, 2.24) is 0 Å². The first-order valence-electron chi connectivity index (χ1n) is 8.84. The third-order valence-corrected chi connectivity index (χ3v) is 5.57. The molecule has 0 aliphatic rings. The van der Waals surface area contributed by atoms with E-state index in [1.807, 2.05) is 39.0 Å². The molecule has 5 nitrogen and oxygen atoms in total. The highest BCUT2D eigenvalue weighted by Crippen LogP contribution is 2.32. The third kappa shape index (κ3) is 4.40. The maximum absolute atomic E-state index is 12.7. The molecule has 0 radical (unpaired) electrons. The molecule has 3 rings (SSSR count). The number of thiophene rings is 1. The van der Waals surface area contributed by atoms with Crippen molar-refractivity contribution in [3.63, 3.8) is 0 Å². The highest BCUT2D eigenvalue weighted by Gasteiger charge is 2.19. The number of rotatable bonds is 6. The van der Waals surface area contributed by atoms with Gasteiger partial charge in [-0.15, -0.1) is 11.3 Å². The molecule has 0 saturated heterocycles. The lowest BCUT2D eigenvalue weighted by Gasteiger charge is -2.09.